The molecular formula is C30H28N4O2. The topological polar surface area (TPSA) is 69.0 Å². The number of benzene rings is 3. The van der Waals surface area contributed by atoms with Crippen LogP contribution in [0.3, 0.4) is 0 Å². The summed E-state index contributed by atoms with van der Waals surface area (Å²) in [6, 6.07) is 22.8. The molecule has 1 saturated heterocycles. The first-order chi connectivity index (χ1) is 17.7. The van der Waals surface area contributed by atoms with Crippen LogP contribution in [0.15, 0.2) is 84.0 Å². The minimum Gasteiger partial charge on any atom is -0.388 e. The monoisotopic (exact) mass is 476 g/mol. The van der Waals surface area contributed by atoms with Gasteiger partial charge in [-0.1, -0.05) is 42.5 Å². The molecule has 0 radical (unpaired) electrons. The molecule has 0 aliphatic carbocycles. The molecule has 1 aliphatic rings. The quantitative estimate of drug-likeness (QED) is 0.335. The molecule has 2 aromatic heterocycles. The predicted molar refractivity (Wildman–Crippen MR) is 145 cm³/mol. The maximum atomic E-state index is 13.6. The molecule has 6 heteroatoms. The molecule has 36 heavy (non-hydrogen) atoms. The summed E-state index contributed by atoms with van der Waals surface area (Å²) in [5.74, 6) is 0. The third-order valence-corrected chi connectivity index (χ3v) is 7.15. The number of rotatable bonds is 5. The molecule has 0 amide bonds. The Morgan fingerprint density at radius 1 is 0.944 bits per heavy atom. The highest BCUT2D eigenvalue weighted by Gasteiger charge is 2.19. The molecule has 0 saturated carbocycles. The smallest absolute Gasteiger partial charge is 0.261 e. The van der Waals surface area contributed by atoms with Crippen LogP contribution in [0.5, 0.6) is 0 Å². The van der Waals surface area contributed by atoms with Gasteiger partial charge >= 0.3 is 0 Å². The van der Waals surface area contributed by atoms with Gasteiger partial charge in [0.15, 0.2) is 0 Å². The fourth-order valence-corrected chi connectivity index (χ4v) is 5.15. The van der Waals surface area contributed by atoms with Crippen molar-refractivity contribution in [3.05, 3.63) is 101 Å². The van der Waals surface area contributed by atoms with Crippen LogP contribution in [-0.2, 0) is 11.2 Å². The zero-order chi connectivity index (χ0) is 24.5. The molecule has 1 fully saturated rings. The van der Waals surface area contributed by atoms with Gasteiger partial charge in [-0.05, 0) is 60.0 Å². The van der Waals surface area contributed by atoms with Gasteiger partial charge in [0.05, 0.1) is 22.9 Å². The van der Waals surface area contributed by atoms with E-state index >= 15 is 0 Å². The van der Waals surface area contributed by atoms with Crippen LogP contribution < -0.4 is 10.9 Å². The molecule has 6 rings (SSSR count). The third kappa shape index (κ3) is 4.14. The number of fused-ring (bicyclic) bond motifs is 3. The van der Waals surface area contributed by atoms with Crippen LogP contribution in [0.2, 0.25) is 0 Å². The van der Waals surface area contributed by atoms with Crippen molar-refractivity contribution in [3.8, 4) is 11.3 Å². The fraction of sp³-hybridized carbons (Fsp3) is 0.233. The molecule has 0 unspecified atom stereocenters. The second-order valence-electron chi connectivity index (χ2n) is 9.33. The molecule has 3 aromatic carbocycles. The maximum Gasteiger partial charge on any atom is 0.261 e. The summed E-state index contributed by atoms with van der Waals surface area (Å²) in [6.07, 6.45) is 6.02. The first-order valence-electron chi connectivity index (χ1n) is 12.4. The van der Waals surface area contributed by atoms with Crippen LogP contribution in [0.4, 0.5) is 5.69 Å². The highest BCUT2D eigenvalue weighted by molar-refractivity contribution is 6.06. The van der Waals surface area contributed by atoms with Crippen molar-refractivity contribution in [1.29, 1.82) is 0 Å². The summed E-state index contributed by atoms with van der Waals surface area (Å²) in [7, 11) is 1.91. The molecule has 0 bridgehead atoms. The summed E-state index contributed by atoms with van der Waals surface area (Å²) in [4.78, 5) is 23.1. The molecule has 1 N–H and O–H groups in total. The van der Waals surface area contributed by atoms with Crippen LogP contribution >= 0.6 is 0 Å². The first kappa shape index (κ1) is 22.4. The summed E-state index contributed by atoms with van der Waals surface area (Å²) in [5, 5.41) is 5.94. The van der Waals surface area contributed by atoms with Crippen LogP contribution in [0.25, 0.3) is 32.9 Å². The molecule has 0 atom stereocenters. The lowest BCUT2D eigenvalue weighted by Gasteiger charge is -2.24. The first-order valence-corrected chi connectivity index (χ1v) is 12.4. The number of aromatic nitrogens is 3. The Morgan fingerprint density at radius 3 is 2.44 bits per heavy atom. The molecule has 1 aliphatic heterocycles. The average Bonchev–Trinajstić information content (AvgIpc) is 2.95. The Balaban J connectivity index is 1.39. The average molecular weight is 477 g/mol. The number of anilines is 1. The molecule has 6 nitrogen and oxygen atoms in total. The van der Waals surface area contributed by atoms with Crippen LogP contribution in [0, 0.1) is 0 Å². The van der Waals surface area contributed by atoms with Crippen molar-refractivity contribution in [2.75, 3.05) is 25.6 Å². The van der Waals surface area contributed by atoms with E-state index in [9.17, 15) is 4.79 Å². The molecule has 180 valence electrons. The van der Waals surface area contributed by atoms with Crippen LogP contribution in [0.1, 0.15) is 30.0 Å². The van der Waals surface area contributed by atoms with Gasteiger partial charge in [-0.2, -0.15) is 0 Å². The van der Waals surface area contributed by atoms with E-state index in [4.69, 9.17) is 14.7 Å². The van der Waals surface area contributed by atoms with E-state index in [2.05, 4.69) is 41.7 Å². The highest BCUT2D eigenvalue weighted by atomic mass is 16.5. The summed E-state index contributed by atoms with van der Waals surface area (Å²) < 4.78 is 7.30. The normalized spacial score (nSPS) is 14.4. The van der Waals surface area contributed by atoms with Crippen molar-refractivity contribution in [3.63, 3.8) is 0 Å². The lowest BCUT2D eigenvalue weighted by Crippen LogP contribution is -2.29. The number of nitrogens with zero attached hydrogens (tertiary/aromatic N) is 3. The van der Waals surface area contributed by atoms with Gasteiger partial charge in [0.1, 0.15) is 0 Å². The van der Waals surface area contributed by atoms with Gasteiger partial charge in [0.25, 0.3) is 5.56 Å². The second-order valence-corrected chi connectivity index (χ2v) is 9.33. The minimum atomic E-state index is 0.0254. The second kappa shape index (κ2) is 9.55. The van der Waals surface area contributed by atoms with Crippen molar-refractivity contribution >= 4 is 27.4 Å². The van der Waals surface area contributed by atoms with E-state index in [0.717, 1.165) is 57.2 Å². The Labute approximate surface area is 209 Å². The highest BCUT2D eigenvalue weighted by Crippen LogP contribution is 2.29. The number of pyridine rings is 1. The van der Waals surface area contributed by atoms with E-state index in [1.54, 1.807) is 10.9 Å². The van der Waals surface area contributed by atoms with Gasteiger partial charge in [-0.15, -0.1) is 0 Å². The summed E-state index contributed by atoms with van der Waals surface area (Å²) >= 11 is 0. The number of nitrogens with one attached hydrogen (secondary N) is 1. The SMILES string of the molecule is CNc1ccc(-c2ccc(Cc3cc4c(=O)n(C5CCOCC5)cnc4c4ccccc34)cn2)cc1. The number of hydrogen-bond donors (Lipinski definition) is 1. The van der Waals surface area contributed by atoms with Gasteiger partial charge in [-0.3, -0.25) is 14.3 Å². The lowest BCUT2D eigenvalue weighted by atomic mass is 9.96. The number of ether oxygens (including phenoxy) is 1. The van der Waals surface area contributed by atoms with Crippen molar-refractivity contribution in [2.45, 2.75) is 25.3 Å². The minimum absolute atomic E-state index is 0.0254. The zero-order valence-corrected chi connectivity index (χ0v) is 20.3. The summed E-state index contributed by atoms with van der Waals surface area (Å²) in [6.45, 7) is 1.36. The van der Waals surface area contributed by atoms with E-state index < -0.39 is 0 Å². The van der Waals surface area contributed by atoms with Crippen LogP contribution in [-0.4, -0.2) is 34.8 Å². The predicted octanol–water partition coefficient (Wildman–Crippen LogP) is 5.60. The molecular weight excluding hydrogens is 448 g/mol. The lowest BCUT2D eigenvalue weighted by molar-refractivity contribution is 0.0685. The molecule has 3 heterocycles. The van der Waals surface area contributed by atoms with Crippen molar-refractivity contribution < 1.29 is 4.74 Å². The van der Waals surface area contributed by atoms with Crippen molar-refractivity contribution in [2.24, 2.45) is 0 Å². The van der Waals surface area contributed by atoms with Gasteiger partial charge in [-0.25, -0.2) is 4.98 Å². The van der Waals surface area contributed by atoms with E-state index in [0.29, 0.717) is 25.0 Å². The molecule has 5 aromatic rings. The van der Waals surface area contributed by atoms with Gasteiger partial charge in [0.2, 0.25) is 0 Å². The van der Waals surface area contributed by atoms with E-state index in [1.165, 1.54) is 0 Å². The van der Waals surface area contributed by atoms with E-state index in [1.807, 2.05) is 43.6 Å². The Morgan fingerprint density at radius 2 is 1.72 bits per heavy atom. The third-order valence-electron chi connectivity index (χ3n) is 7.15. The maximum absolute atomic E-state index is 13.6. The van der Waals surface area contributed by atoms with Crippen molar-refractivity contribution in [1.82, 2.24) is 14.5 Å². The fourth-order valence-electron chi connectivity index (χ4n) is 5.15. The Bertz CT molecular complexity index is 1580. The Kier molecular flexibility index (Phi) is 5.95. The standard InChI is InChI=1S/C30H28N4O2/c1-31-23-9-7-21(8-10-23)28-11-6-20(18-32-28)16-22-17-27-29(26-5-3-2-4-25(22)26)33-19-34(30(27)35)24-12-14-36-15-13-24/h2-11,17-19,24,31H,12-16H2,1H3. The Hall–Kier alpha value is -4.03. The van der Waals surface area contributed by atoms with Gasteiger partial charge < -0.3 is 10.1 Å². The largest absolute Gasteiger partial charge is 0.388 e. The van der Waals surface area contributed by atoms with E-state index in [-0.39, 0.29) is 11.6 Å². The zero-order valence-electron chi connectivity index (χ0n) is 20.3. The molecule has 0 spiro atoms. The number of hydrogen-bond acceptors (Lipinski definition) is 5. The van der Waals surface area contributed by atoms with Gasteiger partial charge in [0, 0.05) is 49.1 Å². The summed E-state index contributed by atoms with van der Waals surface area (Å²) in [5.41, 5.74) is 6.09.